The van der Waals surface area contributed by atoms with Gasteiger partial charge in [0.1, 0.15) is 0 Å². The SMILES string of the molecule is CCc1ccc(-c2cnc(C)c(N)c2)cc1. The summed E-state index contributed by atoms with van der Waals surface area (Å²) in [6.45, 7) is 4.07. The topological polar surface area (TPSA) is 38.9 Å². The first-order valence-corrected chi connectivity index (χ1v) is 5.52. The molecule has 0 fully saturated rings. The van der Waals surface area contributed by atoms with Crippen molar-refractivity contribution in [2.24, 2.45) is 0 Å². The van der Waals surface area contributed by atoms with E-state index < -0.39 is 0 Å². The van der Waals surface area contributed by atoms with Crippen molar-refractivity contribution in [1.82, 2.24) is 4.98 Å². The maximum Gasteiger partial charge on any atom is 0.0602 e. The third-order valence-corrected chi connectivity index (χ3v) is 2.82. The summed E-state index contributed by atoms with van der Waals surface area (Å²) in [5, 5.41) is 0. The van der Waals surface area contributed by atoms with Crippen molar-refractivity contribution in [2.45, 2.75) is 20.3 Å². The van der Waals surface area contributed by atoms with E-state index in [0.29, 0.717) is 0 Å². The number of hydrogen-bond donors (Lipinski definition) is 1. The van der Waals surface area contributed by atoms with Crippen LogP contribution in [0.25, 0.3) is 11.1 Å². The Hall–Kier alpha value is -1.83. The summed E-state index contributed by atoms with van der Waals surface area (Å²) in [5.74, 6) is 0. The van der Waals surface area contributed by atoms with Crippen LogP contribution in [0.3, 0.4) is 0 Å². The van der Waals surface area contributed by atoms with Gasteiger partial charge in [-0.1, -0.05) is 31.2 Å². The number of nitrogens with two attached hydrogens (primary N) is 1. The van der Waals surface area contributed by atoms with Gasteiger partial charge in [-0.3, -0.25) is 4.98 Å². The molecule has 0 radical (unpaired) electrons. The van der Waals surface area contributed by atoms with Gasteiger partial charge in [0.05, 0.1) is 11.4 Å². The van der Waals surface area contributed by atoms with Crippen LogP contribution in [0, 0.1) is 6.92 Å². The molecular weight excluding hydrogens is 196 g/mol. The van der Waals surface area contributed by atoms with Crippen LogP contribution in [0.4, 0.5) is 5.69 Å². The number of rotatable bonds is 2. The van der Waals surface area contributed by atoms with E-state index in [2.05, 4.69) is 36.2 Å². The molecule has 2 rings (SSSR count). The highest BCUT2D eigenvalue weighted by atomic mass is 14.7. The molecule has 0 atom stereocenters. The largest absolute Gasteiger partial charge is 0.397 e. The van der Waals surface area contributed by atoms with Gasteiger partial charge >= 0.3 is 0 Å². The minimum absolute atomic E-state index is 0.747. The Morgan fingerprint density at radius 1 is 1.12 bits per heavy atom. The molecule has 16 heavy (non-hydrogen) atoms. The zero-order valence-electron chi connectivity index (χ0n) is 9.70. The van der Waals surface area contributed by atoms with Gasteiger partial charge in [0, 0.05) is 11.8 Å². The van der Waals surface area contributed by atoms with Gasteiger partial charge in [0.2, 0.25) is 0 Å². The normalized spacial score (nSPS) is 10.4. The predicted molar refractivity (Wildman–Crippen MR) is 68.2 cm³/mol. The number of nitrogen functional groups attached to an aromatic ring is 1. The molecule has 0 saturated carbocycles. The minimum Gasteiger partial charge on any atom is -0.397 e. The average molecular weight is 212 g/mol. The fourth-order valence-electron chi connectivity index (χ4n) is 1.64. The van der Waals surface area contributed by atoms with Gasteiger partial charge in [-0.2, -0.15) is 0 Å². The van der Waals surface area contributed by atoms with E-state index in [1.807, 2.05) is 19.2 Å². The number of hydrogen-bond acceptors (Lipinski definition) is 2. The second kappa shape index (κ2) is 4.35. The Morgan fingerprint density at radius 2 is 1.81 bits per heavy atom. The van der Waals surface area contributed by atoms with Gasteiger partial charge in [0.25, 0.3) is 0 Å². The van der Waals surface area contributed by atoms with E-state index in [9.17, 15) is 0 Å². The molecule has 2 nitrogen and oxygen atoms in total. The summed E-state index contributed by atoms with van der Waals surface area (Å²) in [5.41, 5.74) is 11.1. The zero-order valence-corrected chi connectivity index (χ0v) is 9.70. The van der Waals surface area contributed by atoms with Gasteiger partial charge < -0.3 is 5.73 Å². The molecule has 0 spiro atoms. The van der Waals surface area contributed by atoms with Gasteiger partial charge in [-0.25, -0.2) is 0 Å². The molecule has 0 aliphatic carbocycles. The number of pyridine rings is 1. The maximum atomic E-state index is 5.85. The van der Waals surface area contributed by atoms with Crippen molar-refractivity contribution in [1.29, 1.82) is 0 Å². The number of aryl methyl sites for hydroxylation is 2. The molecular formula is C14H16N2. The molecule has 0 aliphatic rings. The molecule has 0 saturated heterocycles. The first-order valence-electron chi connectivity index (χ1n) is 5.52. The summed E-state index contributed by atoms with van der Waals surface area (Å²) in [7, 11) is 0. The molecule has 1 heterocycles. The van der Waals surface area contributed by atoms with Crippen molar-refractivity contribution in [3.05, 3.63) is 47.8 Å². The summed E-state index contributed by atoms with van der Waals surface area (Å²) < 4.78 is 0. The maximum absolute atomic E-state index is 5.85. The number of benzene rings is 1. The average Bonchev–Trinajstić information content (AvgIpc) is 2.33. The first-order chi connectivity index (χ1) is 7.70. The summed E-state index contributed by atoms with van der Waals surface area (Å²) >= 11 is 0. The van der Waals surface area contributed by atoms with Crippen molar-refractivity contribution in [3.8, 4) is 11.1 Å². The second-order valence-corrected chi connectivity index (χ2v) is 3.95. The van der Waals surface area contributed by atoms with E-state index in [-0.39, 0.29) is 0 Å². The van der Waals surface area contributed by atoms with E-state index in [4.69, 9.17) is 5.73 Å². The Kier molecular flexibility index (Phi) is 2.91. The van der Waals surface area contributed by atoms with Gasteiger partial charge in [-0.15, -0.1) is 0 Å². The van der Waals surface area contributed by atoms with E-state index in [1.54, 1.807) is 0 Å². The molecule has 2 heteroatoms. The Balaban J connectivity index is 2.38. The van der Waals surface area contributed by atoms with Crippen LogP contribution in [0.2, 0.25) is 0 Å². The molecule has 2 N–H and O–H groups in total. The lowest BCUT2D eigenvalue weighted by Crippen LogP contribution is -1.93. The predicted octanol–water partition coefficient (Wildman–Crippen LogP) is 3.20. The molecule has 1 aromatic carbocycles. The van der Waals surface area contributed by atoms with Crippen LogP contribution in [-0.2, 0) is 6.42 Å². The van der Waals surface area contributed by atoms with Gasteiger partial charge in [0.15, 0.2) is 0 Å². The van der Waals surface area contributed by atoms with Crippen LogP contribution < -0.4 is 5.73 Å². The second-order valence-electron chi connectivity index (χ2n) is 3.95. The third kappa shape index (κ3) is 2.06. The Morgan fingerprint density at radius 3 is 2.38 bits per heavy atom. The van der Waals surface area contributed by atoms with E-state index >= 15 is 0 Å². The van der Waals surface area contributed by atoms with Crippen LogP contribution in [-0.4, -0.2) is 4.98 Å². The highest BCUT2D eigenvalue weighted by molar-refractivity contribution is 5.67. The lowest BCUT2D eigenvalue weighted by Gasteiger charge is -2.05. The fraction of sp³-hybridized carbons (Fsp3) is 0.214. The van der Waals surface area contributed by atoms with Crippen molar-refractivity contribution < 1.29 is 0 Å². The molecule has 0 bridgehead atoms. The molecule has 0 unspecified atom stereocenters. The van der Waals surface area contributed by atoms with Gasteiger partial charge in [-0.05, 0) is 30.5 Å². The lowest BCUT2D eigenvalue weighted by molar-refractivity contribution is 1.14. The lowest BCUT2D eigenvalue weighted by atomic mass is 10.0. The minimum atomic E-state index is 0.747. The Labute approximate surface area is 96.1 Å². The van der Waals surface area contributed by atoms with Crippen LogP contribution in [0.15, 0.2) is 36.5 Å². The number of nitrogens with zero attached hydrogens (tertiary/aromatic N) is 1. The standard InChI is InChI=1S/C14H16N2/c1-3-11-4-6-12(7-5-11)13-8-14(15)10(2)16-9-13/h4-9H,3,15H2,1-2H3. The van der Waals surface area contributed by atoms with Crippen LogP contribution >= 0.6 is 0 Å². The molecule has 0 amide bonds. The molecule has 0 aliphatic heterocycles. The first kappa shape index (κ1) is 10.7. The highest BCUT2D eigenvalue weighted by Gasteiger charge is 2.01. The third-order valence-electron chi connectivity index (χ3n) is 2.82. The number of aromatic nitrogens is 1. The molecule has 2 aromatic rings. The molecule has 1 aromatic heterocycles. The van der Waals surface area contributed by atoms with Crippen LogP contribution in [0.5, 0.6) is 0 Å². The monoisotopic (exact) mass is 212 g/mol. The van der Waals surface area contributed by atoms with Crippen molar-refractivity contribution in [2.75, 3.05) is 5.73 Å². The van der Waals surface area contributed by atoms with Crippen LogP contribution in [0.1, 0.15) is 18.2 Å². The summed E-state index contributed by atoms with van der Waals surface area (Å²) in [6, 6.07) is 10.5. The number of anilines is 1. The fourth-order valence-corrected chi connectivity index (χ4v) is 1.64. The van der Waals surface area contributed by atoms with E-state index in [0.717, 1.165) is 28.9 Å². The van der Waals surface area contributed by atoms with Crippen molar-refractivity contribution >= 4 is 5.69 Å². The molecule has 82 valence electrons. The smallest absolute Gasteiger partial charge is 0.0602 e. The van der Waals surface area contributed by atoms with E-state index in [1.165, 1.54) is 5.56 Å². The zero-order chi connectivity index (χ0) is 11.5. The van der Waals surface area contributed by atoms with Crippen molar-refractivity contribution in [3.63, 3.8) is 0 Å². The summed E-state index contributed by atoms with van der Waals surface area (Å²) in [6.07, 6.45) is 2.93. The Bertz CT molecular complexity index is 487. The quantitative estimate of drug-likeness (QED) is 0.830. The summed E-state index contributed by atoms with van der Waals surface area (Å²) in [4.78, 5) is 4.27. The highest BCUT2D eigenvalue weighted by Crippen LogP contribution is 2.22.